The first-order chi connectivity index (χ1) is 12.2. The predicted octanol–water partition coefficient (Wildman–Crippen LogP) is 4.55. The number of pyridine rings is 1. The third kappa shape index (κ3) is 3.44. The summed E-state index contributed by atoms with van der Waals surface area (Å²) < 4.78 is 13.3. The lowest BCUT2D eigenvalue weighted by Crippen LogP contribution is -2.09. The van der Waals surface area contributed by atoms with Crippen LogP contribution >= 0.6 is 0 Å². The summed E-state index contributed by atoms with van der Waals surface area (Å²) in [5, 5.41) is 0. The Morgan fingerprint density at radius 3 is 2.52 bits per heavy atom. The van der Waals surface area contributed by atoms with Crippen LogP contribution in [0, 0.1) is 6.92 Å². The summed E-state index contributed by atoms with van der Waals surface area (Å²) >= 11 is 0. The van der Waals surface area contributed by atoms with Gasteiger partial charge in [-0.25, -0.2) is 4.79 Å². The minimum absolute atomic E-state index is 0.247. The first-order valence-corrected chi connectivity index (χ1v) is 8.61. The number of aryl methyl sites for hydroxylation is 1. The number of benzene rings is 1. The Bertz CT molecular complexity index is 864. The highest BCUT2D eigenvalue weighted by Crippen LogP contribution is 2.30. The second-order valence-corrected chi connectivity index (χ2v) is 5.91. The van der Waals surface area contributed by atoms with Gasteiger partial charge in [0.25, 0.3) is 0 Å². The number of ether oxygens (including phenoxy) is 2. The summed E-state index contributed by atoms with van der Waals surface area (Å²) in [5.41, 5.74) is 4.57. The minimum atomic E-state index is -0.309. The number of carbonyl (C=O) groups excluding carboxylic acids is 1. The maximum atomic E-state index is 12.4. The Morgan fingerprint density at radius 1 is 1.08 bits per heavy atom. The molecule has 4 nitrogen and oxygen atoms in total. The monoisotopic (exact) mass is 337 g/mol. The van der Waals surface area contributed by atoms with Crippen molar-refractivity contribution >= 4 is 11.5 Å². The van der Waals surface area contributed by atoms with Crippen LogP contribution < -0.4 is 0 Å². The Kier molecular flexibility index (Phi) is 5.19. The van der Waals surface area contributed by atoms with Gasteiger partial charge in [-0.05, 0) is 44.5 Å². The third-order valence-corrected chi connectivity index (χ3v) is 4.18. The molecule has 0 saturated heterocycles. The van der Waals surface area contributed by atoms with Gasteiger partial charge >= 0.3 is 5.97 Å². The lowest BCUT2D eigenvalue weighted by Gasteiger charge is -2.18. The Balaban J connectivity index is 2.14. The van der Waals surface area contributed by atoms with E-state index in [-0.39, 0.29) is 12.1 Å². The molecule has 1 aromatic carbocycles. The highest BCUT2D eigenvalue weighted by atomic mass is 16.5. The zero-order valence-corrected chi connectivity index (χ0v) is 14.9. The first-order valence-electron chi connectivity index (χ1n) is 8.61. The number of aromatic nitrogens is 1. The molecular formula is C21H23NO3. The van der Waals surface area contributed by atoms with Gasteiger partial charge in [0.2, 0.25) is 0 Å². The molecule has 0 amide bonds. The number of carbonyl (C=O) groups is 1. The van der Waals surface area contributed by atoms with Crippen LogP contribution in [0.4, 0.5) is 0 Å². The average Bonchev–Trinajstić information content (AvgIpc) is 3.00. The first kappa shape index (κ1) is 17.2. The van der Waals surface area contributed by atoms with Crippen LogP contribution in [0.3, 0.4) is 0 Å². The van der Waals surface area contributed by atoms with E-state index in [1.807, 2.05) is 48.7 Å². The quantitative estimate of drug-likeness (QED) is 0.620. The van der Waals surface area contributed by atoms with Gasteiger partial charge in [0, 0.05) is 12.8 Å². The summed E-state index contributed by atoms with van der Waals surface area (Å²) in [6.45, 7) is 6.78. The van der Waals surface area contributed by atoms with Crippen LogP contribution in [0.1, 0.15) is 47.1 Å². The largest absolute Gasteiger partial charge is 0.462 e. The Hall–Kier alpha value is -2.59. The van der Waals surface area contributed by atoms with E-state index in [1.54, 1.807) is 0 Å². The van der Waals surface area contributed by atoms with Gasteiger partial charge in [-0.1, -0.05) is 35.9 Å². The summed E-state index contributed by atoms with van der Waals surface area (Å²) in [7, 11) is 0. The van der Waals surface area contributed by atoms with Crippen molar-refractivity contribution in [3.8, 4) is 0 Å². The van der Waals surface area contributed by atoms with Gasteiger partial charge in [-0.2, -0.15) is 0 Å². The van der Waals surface area contributed by atoms with Gasteiger partial charge in [0.1, 0.15) is 6.10 Å². The predicted molar refractivity (Wildman–Crippen MR) is 98.0 cm³/mol. The molecule has 0 bridgehead atoms. The number of fused-ring (bicyclic) bond motifs is 1. The molecule has 0 aliphatic heterocycles. The molecule has 0 N–H and O–H groups in total. The molecule has 0 radical (unpaired) electrons. The molecule has 0 saturated carbocycles. The number of rotatable bonds is 6. The van der Waals surface area contributed by atoms with E-state index in [4.69, 9.17) is 9.47 Å². The SMILES string of the molecule is CCOC(=O)c1cc([C@H](OCC)c2ccc(C)cc2)n2ccccc12. The molecule has 2 aromatic heterocycles. The maximum absolute atomic E-state index is 12.4. The zero-order chi connectivity index (χ0) is 17.8. The van der Waals surface area contributed by atoms with E-state index in [1.165, 1.54) is 5.56 Å². The van der Waals surface area contributed by atoms with E-state index in [0.29, 0.717) is 18.8 Å². The van der Waals surface area contributed by atoms with Crippen molar-refractivity contribution in [2.75, 3.05) is 13.2 Å². The molecule has 3 rings (SSSR count). The molecule has 0 aliphatic carbocycles. The average molecular weight is 337 g/mol. The van der Waals surface area contributed by atoms with Gasteiger partial charge in [-0.3, -0.25) is 0 Å². The lowest BCUT2D eigenvalue weighted by molar-refractivity contribution is 0.0528. The Labute approximate surface area is 148 Å². The topological polar surface area (TPSA) is 39.9 Å². The van der Waals surface area contributed by atoms with E-state index in [9.17, 15) is 4.79 Å². The fourth-order valence-electron chi connectivity index (χ4n) is 3.01. The fraction of sp³-hybridized carbons (Fsp3) is 0.286. The molecule has 130 valence electrons. The summed E-state index contributed by atoms with van der Waals surface area (Å²) in [5.74, 6) is -0.309. The lowest BCUT2D eigenvalue weighted by atomic mass is 10.0. The molecule has 3 aromatic rings. The van der Waals surface area contributed by atoms with Crippen LogP contribution in [-0.2, 0) is 9.47 Å². The second-order valence-electron chi connectivity index (χ2n) is 5.91. The smallest absolute Gasteiger partial charge is 0.340 e. The fourth-order valence-corrected chi connectivity index (χ4v) is 3.01. The van der Waals surface area contributed by atoms with E-state index in [0.717, 1.165) is 16.8 Å². The normalized spacial score (nSPS) is 12.3. The molecular weight excluding hydrogens is 314 g/mol. The number of hydrogen-bond acceptors (Lipinski definition) is 3. The molecule has 0 spiro atoms. The third-order valence-electron chi connectivity index (χ3n) is 4.18. The molecule has 0 fully saturated rings. The van der Waals surface area contributed by atoms with Crippen molar-refractivity contribution in [1.29, 1.82) is 0 Å². The van der Waals surface area contributed by atoms with Gasteiger partial charge in [0.05, 0.1) is 23.4 Å². The molecule has 25 heavy (non-hydrogen) atoms. The van der Waals surface area contributed by atoms with Crippen LogP contribution in [-0.4, -0.2) is 23.6 Å². The Morgan fingerprint density at radius 2 is 1.84 bits per heavy atom. The molecule has 0 unspecified atom stereocenters. The van der Waals surface area contributed by atoms with Crippen molar-refractivity contribution in [1.82, 2.24) is 4.40 Å². The van der Waals surface area contributed by atoms with Gasteiger partial charge in [0.15, 0.2) is 0 Å². The van der Waals surface area contributed by atoms with Crippen molar-refractivity contribution in [3.63, 3.8) is 0 Å². The van der Waals surface area contributed by atoms with Crippen LogP contribution in [0.5, 0.6) is 0 Å². The molecule has 0 aliphatic rings. The standard InChI is InChI=1S/C21H23NO3/c1-4-24-20(16-11-9-15(3)10-12-16)19-14-17(21(23)25-5-2)18-8-6-7-13-22(18)19/h6-14,20H,4-5H2,1-3H3/t20-/m1/s1. The van der Waals surface area contributed by atoms with E-state index >= 15 is 0 Å². The van der Waals surface area contributed by atoms with Crippen molar-refractivity contribution < 1.29 is 14.3 Å². The summed E-state index contributed by atoms with van der Waals surface area (Å²) in [6.07, 6.45) is 1.71. The van der Waals surface area contributed by atoms with Crippen LogP contribution in [0.15, 0.2) is 54.7 Å². The van der Waals surface area contributed by atoms with Crippen molar-refractivity contribution in [3.05, 3.63) is 77.1 Å². The number of hydrogen-bond donors (Lipinski definition) is 0. The molecule has 1 atom stereocenters. The van der Waals surface area contributed by atoms with E-state index < -0.39 is 0 Å². The van der Waals surface area contributed by atoms with Crippen LogP contribution in [0.25, 0.3) is 5.52 Å². The highest BCUT2D eigenvalue weighted by molar-refractivity contribution is 5.97. The minimum Gasteiger partial charge on any atom is -0.462 e. The van der Waals surface area contributed by atoms with Gasteiger partial charge in [-0.15, -0.1) is 0 Å². The van der Waals surface area contributed by atoms with Crippen molar-refractivity contribution in [2.24, 2.45) is 0 Å². The number of esters is 1. The number of nitrogens with zero attached hydrogens (tertiary/aromatic N) is 1. The summed E-state index contributed by atoms with van der Waals surface area (Å²) in [6, 6.07) is 16.0. The summed E-state index contributed by atoms with van der Waals surface area (Å²) in [4.78, 5) is 12.4. The van der Waals surface area contributed by atoms with E-state index in [2.05, 4.69) is 31.2 Å². The van der Waals surface area contributed by atoms with Crippen molar-refractivity contribution in [2.45, 2.75) is 26.9 Å². The van der Waals surface area contributed by atoms with Crippen LogP contribution in [0.2, 0.25) is 0 Å². The molecule has 4 heteroatoms. The second kappa shape index (κ2) is 7.53. The maximum Gasteiger partial charge on any atom is 0.340 e. The highest BCUT2D eigenvalue weighted by Gasteiger charge is 2.23. The zero-order valence-electron chi connectivity index (χ0n) is 14.9. The molecule has 2 heterocycles. The van der Waals surface area contributed by atoms with Gasteiger partial charge < -0.3 is 13.9 Å².